The fraction of sp³-hybridized carbons (Fsp3) is 0.333. The van der Waals surface area contributed by atoms with Gasteiger partial charge in [-0.1, -0.05) is 48.5 Å². The lowest BCUT2D eigenvalue weighted by Gasteiger charge is -2.18. The van der Waals surface area contributed by atoms with E-state index in [1.165, 1.54) is 16.0 Å². The Hall–Kier alpha value is -1.29. The number of hydrogen-bond donors (Lipinski definition) is 2. The van der Waals surface area contributed by atoms with Crippen LogP contribution in [0.3, 0.4) is 0 Å². The van der Waals surface area contributed by atoms with Crippen molar-refractivity contribution in [2.75, 3.05) is 13.2 Å². The molecule has 2 aromatic rings. The maximum Gasteiger partial charge on any atom is 0.0587 e. The molecule has 1 heterocycles. The molecule has 0 fully saturated rings. The van der Waals surface area contributed by atoms with Crippen molar-refractivity contribution < 1.29 is 5.11 Å². The predicted molar refractivity (Wildman–Crippen MR) is 88.8 cm³/mol. The van der Waals surface area contributed by atoms with Crippen molar-refractivity contribution in [1.82, 2.24) is 5.32 Å². The average Bonchev–Trinajstić information content (AvgIpc) is 2.95. The summed E-state index contributed by atoms with van der Waals surface area (Å²) < 4.78 is 0. The highest BCUT2D eigenvalue weighted by Gasteiger charge is 2.22. The summed E-state index contributed by atoms with van der Waals surface area (Å²) in [5.74, 6) is 0. The third-order valence-corrected chi connectivity index (χ3v) is 5.21. The van der Waals surface area contributed by atoms with Gasteiger partial charge in [0, 0.05) is 22.7 Å². The highest BCUT2D eigenvalue weighted by Crippen LogP contribution is 2.36. The Labute approximate surface area is 130 Å². The Kier molecular flexibility index (Phi) is 4.96. The lowest BCUT2D eigenvalue weighted by molar-refractivity contribution is 0.242. The largest absolute Gasteiger partial charge is 0.395 e. The summed E-state index contributed by atoms with van der Waals surface area (Å²) in [6.45, 7) is 1.12. The van der Waals surface area contributed by atoms with Crippen molar-refractivity contribution in [1.29, 1.82) is 0 Å². The molecule has 2 nitrogen and oxygen atoms in total. The Morgan fingerprint density at radius 3 is 2.62 bits per heavy atom. The van der Waals surface area contributed by atoms with Gasteiger partial charge in [0.2, 0.25) is 0 Å². The van der Waals surface area contributed by atoms with Gasteiger partial charge in [-0.15, -0.1) is 11.8 Å². The number of aliphatic hydroxyl groups excluding tert-OH is 1. The van der Waals surface area contributed by atoms with Crippen LogP contribution in [0.2, 0.25) is 0 Å². The van der Waals surface area contributed by atoms with Crippen molar-refractivity contribution in [2.24, 2.45) is 0 Å². The molecule has 0 bridgehead atoms. The molecule has 3 rings (SSSR count). The standard InChI is InChI=1S/C18H21NOS/c20-13-16(10-14-6-2-1-3-7-14)19-12-17-11-15-8-4-5-9-18(15)21-17/h1-9,16-17,19-20H,10-13H2. The Bertz CT molecular complexity index is 547. The first-order valence-corrected chi connectivity index (χ1v) is 8.36. The van der Waals surface area contributed by atoms with Crippen LogP contribution in [-0.2, 0) is 12.8 Å². The SMILES string of the molecule is OCC(Cc1ccccc1)NCC1Cc2ccccc2S1. The monoisotopic (exact) mass is 299 g/mol. The molecule has 1 aliphatic rings. The second-order valence-electron chi connectivity index (χ2n) is 5.53. The minimum absolute atomic E-state index is 0.136. The smallest absolute Gasteiger partial charge is 0.0587 e. The quantitative estimate of drug-likeness (QED) is 0.860. The fourth-order valence-corrected chi connectivity index (χ4v) is 4.03. The van der Waals surface area contributed by atoms with E-state index >= 15 is 0 Å². The van der Waals surface area contributed by atoms with Gasteiger partial charge in [0.15, 0.2) is 0 Å². The number of fused-ring (bicyclic) bond motifs is 1. The van der Waals surface area contributed by atoms with E-state index in [2.05, 4.69) is 41.7 Å². The van der Waals surface area contributed by atoms with Gasteiger partial charge < -0.3 is 10.4 Å². The zero-order chi connectivity index (χ0) is 14.5. The molecule has 0 saturated carbocycles. The van der Waals surface area contributed by atoms with Crippen LogP contribution in [-0.4, -0.2) is 29.5 Å². The van der Waals surface area contributed by atoms with E-state index in [9.17, 15) is 5.11 Å². The van der Waals surface area contributed by atoms with Gasteiger partial charge in [-0.3, -0.25) is 0 Å². The predicted octanol–water partition coefficient (Wildman–Crippen LogP) is 2.90. The van der Waals surface area contributed by atoms with Crippen LogP contribution in [0.1, 0.15) is 11.1 Å². The molecule has 21 heavy (non-hydrogen) atoms. The molecular weight excluding hydrogens is 278 g/mol. The molecule has 3 heteroatoms. The normalized spacial score (nSPS) is 18.4. The Balaban J connectivity index is 1.50. The summed E-state index contributed by atoms with van der Waals surface area (Å²) in [6, 6.07) is 19.1. The lowest BCUT2D eigenvalue weighted by Crippen LogP contribution is -2.38. The van der Waals surface area contributed by atoms with Gasteiger partial charge >= 0.3 is 0 Å². The molecule has 0 aromatic heterocycles. The van der Waals surface area contributed by atoms with Crippen LogP contribution < -0.4 is 5.32 Å². The Morgan fingerprint density at radius 2 is 1.86 bits per heavy atom. The summed E-state index contributed by atoms with van der Waals surface area (Å²) >= 11 is 1.95. The minimum atomic E-state index is 0.136. The summed E-state index contributed by atoms with van der Waals surface area (Å²) in [7, 11) is 0. The minimum Gasteiger partial charge on any atom is -0.395 e. The molecule has 0 spiro atoms. The van der Waals surface area contributed by atoms with Crippen LogP contribution in [0.15, 0.2) is 59.5 Å². The van der Waals surface area contributed by atoms with Crippen LogP contribution >= 0.6 is 11.8 Å². The summed E-state index contributed by atoms with van der Waals surface area (Å²) in [4.78, 5) is 1.41. The molecule has 110 valence electrons. The second kappa shape index (κ2) is 7.12. The molecule has 0 saturated heterocycles. The van der Waals surface area contributed by atoms with Gasteiger partial charge in [-0.25, -0.2) is 0 Å². The highest BCUT2D eigenvalue weighted by molar-refractivity contribution is 8.00. The van der Waals surface area contributed by atoms with Gasteiger partial charge in [0.05, 0.1) is 6.61 Å². The van der Waals surface area contributed by atoms with Crippen LogP contribution in [0.4, 0.5) is 0 Å². The second-order valence-corrected chi connectivity index (χ2v) is 6.87. The number of hydrogen-bond acceptors (Lipinski definition) is 3. The number of thioether (sulfide) groups is 1. The fourth-order valence-electron chi connectivity index (χ4n) is 2.77. The van der Waals surface area contributed by atoms with Gasteiger partial charge in [0.1, 0.15) is 0 Å². The van der Waals surface area contributed by atoms with E-state index < -0.39 is 0 Å². The third-order valence-electron chi connectivity index (χ3n) is 3.89. The van der Waals surface area contributed by atoms with Crippen molar-refractivity contribution in [3.63, 3.8) is 0 Å². The summed E-state index contributed by atoms with van der Waals surface area (Å²) in [5, 5.41) is 13.7. The average molecular weight is 299 g/mol. The maximum atomic E-state index is 9.57. The zero-order valence-electron chi connectivity index (χ0n) is 12.0. The van der Waals surface area contributed by atoms with E-state index in [1.807, 2.05) is 30.0 Å². The Morgan fingerprint density at radius 1 is 1.10 bits per heavy atom. The molecular formula is C18H21NOS. The van der Waals surface area contributed by atoms with Crippen molar-refractivity contribution in [3.8, 4) is 0 Å². The molecule has 2 atom stereocenters. The first-order chi connectivity index (χ1) is 10.3. The van der Waals surface area contributed by atoms with Gasteiger partial charge in [-0.05, 0) is 30.0 Å². The number of benzene rings is 2. The first-order valence-electron chi connectivity index (χ1n) is 7.48. The lowest BCUT2D eigenvalue weighted by atomic mass is 10.1. The molecule has 1 aliphatic heterocycles. The van der Waals surface area contributed by atoms with Gasteiger partial charge in [-0.2, -0.15) is 0 Å². The zero-order valence-corrected chi connectivity index (χ0v) is 12.9. The van der Waals surface area contributed by atoms with E-state index in [1.54, 1.807) is 0 Å². The number of aliphatic hydroxyl groups is 1. The van der Waals surface area contributed by atoms with E-state index in [0.717, 1.165) is 19.4 Å². The molecule has 2 N–H and O–H groups in total. The summed E-state index contributed by atoms with van der Waals surface area (Å²) in [5.41, 5.74) is 2.73. The molecule has 0 aliphatic carbocycles. The molecule has 2 aromatic carbocycles. The van der Waals surface area contributed by atoms with Crippen LogP contribution in [0.25, 0.3) is 0 Å². The molecule has 0 radical (unpaired) electrons. The van der Waals surface area contributed by atoms with Gasteiger partial charge in [0.25, 0.3) is 0 Å². The topological polar surface area (TPSA) is 32.3 Å². The molecule has 2 unspecified atom stereocenters. The maximum absolute atomic E-state index is 9.57. The van der Waals surface area contributed by atoms with E-state index in [0.29, 0.717) is 5.25 Å². The van der Waals surface area contributed by atoms with Crippen LogP contribution in [0.5, 0.6) is 0 Å². The number of nitrogens with one attached hydrogen (secondary N) is 1. The number of rotatable bonds is 6. The van der Waals surface area contributed by atoms with Crippen LogP contribution in [0, 0.1) is 0 Å². The van der Waals surface area contributed by atoms with Crippen molar-refractivity contribution in [2.45, 2.75) is 29.0 Å². The van der Waals surface area contributed by atoms with Crippen molar-refractivity contribution >= 4 is 11.8 Å². The van der Waals surface area contributed by atoms with E-state index in [4.69, 9.17) is 0 Å². The van der Waals surface area contributed by atoms with Crippen molar-refractivity contribution in [3.05, 3.63) is 65.7 Å². The first kappa shape index (κ1) is 14.6. The van der Waals surface area contributed by atoms with E-state index in [-0.39, 0.29) is 12.6 Å². The molecule has 0 amide bonds. The third kappa shape index (κ3) is 3.88. The summed E-state index contributed by atoms with van der Waals surface area (Å²) in [6.07, 6.45) is 2.00. The highest BCUT2D eigenvalue weighted by atomic mass is 32.2.